The summed E-state index contributed by atoms with van der Waals surface area (Å²) >= 11 is 0. The van der Waals surface area contributed by atoms with E-state index in [2.05, 4.69) is 18.0 Å². The van der Waals surface area contributed by atoms with Gasteiger partial charge in [0.1, 0.15) is 5.54 Å². The van der Waals surface area contributed by atoms with Crippen LogP contribution in [0.2, 0.25) is 0 Å². The summed E-state index contributed by atoms with van der Waals surface area (Å²) < 4.78 is 0. The van der Waals surface area contributed by atoms with Gasteiger partial charge in [-0.25, -0.2) is 0 Å². The second kappa shape index (κ2) is 4.77. The summed E-state index contributed by atoms with van der Waals surface area (Å²) in [6.45, 7) is 4.08. The Hall–Kier alpha value is -0.590. The van der Waals surface area contributed by atoms with E-state index < -0.39 is 5.54 Å². The Bertz CT molecular complexity index is 213. The zero-order valence-corrected chi connectivity index (χ0v) is 9.29. The first-order valence-corrected chi connectivity index (χ1v) is 5.42. The van der Waals surface area contributed by atoms with Crippen LogP contribution in [-0.4, -0.2) is 30.6 Å². The molecule has 3 nitrogen and oxygen atoms in total. The Morgan fingerprint density at radius 1 is 1.57 bits per heavy atom. The molecule has 1 atom stereocenters. The number of nitrogens with two attached hydrogens (primary N) is 1. The molecule has 0 aromatic heterocycles. The fraction of sp³-hybridized carbons (Fsp3) is 0.909. The molecule has 1 fully saturated rings. The van der Waals surface area contributed by atoms with E-state index >= 15 is 0 Å². The van der Waals surface area contributed by atoms with Crippen LogP contribution in [-0.2, 0) is 0 Å². The van der Waals surface area contributed by atoms with Crippen molar-refractivity contribution in [2.45, 2.75) is 38.1 Å². The van der Waals surface area contributed by atoms with Gasteiger partial charge in [-0.05, 0) is 52.1 Å². The highest BCUT2D eigenvalue weighted by Gasteiger charge is 2.23. The molecule has 0 radical (unpaired) electrons. The van der Waals surface area contributed by atoms with Crippen LogP contribution < -0.4 is 5.73 Å². The molecule has 1 aliphatic rings. The van der Waals surface area contributed by atoms with Crippen molar-refractivity contribution >= 4 is 0 Å². The highest BCUT2D eigenvalue weighted by Crippen LogP contribution is 2.29. The van der Waals surface area contributed by atoms with Gasteiger partial charge in [-0.3, -0.25) is 0 Å². The van der Waals surface area contributed by atoms with Crippen LogP contribution in [0.1, 0.15) is 32.6 Å². The third-order valence-corrected chi connectivity index (χ3v) is 2.76. The zero-order chi connectivity index (χ0) is 10.6. The molecule has 0 aliphatic heterocycles. The van der Waals surface area contributed by atoms with Crippen molar-refractivity contribution in [3.63, 3.8) is 0 Å². The third kappa shape index (κ3) is 4.59. The van der Waals surface area contributed by atoms with E-state index in [9.17, 15) is 0 Å². The standard InChI is InChI=1S/C11H21N3/c1-11(13,9-12)6-3-7-14(2)8-10-4-5-10/h10H,3-8,13H2,1-2H3. The maximum absolute atomic E-state index is 8.73. The predicted octanol–water partition coefficient (Wildman–Crippen LogP) is 1.35. The minimum atomic E-state index is -0.638. The maximum atomic E-state index is 8.73. The Morgan fingerprint density at radius 3 is 2.71 bits per heavy atom. The molecule has 0 aromatic rings. The molecule has 0 saturated heterocycles. The molecule has 1 rings (SSSR count). The van der Waals surface area contributed by atoms with Crippen LogP contribution in [0.4, 0.5) is 0 Å². The number of hydrogen-bond acceptors (Lipinski definition) is 3. The first kappa shape index (κ1) is 11.5. The quantitative estimate of drug-likeness (QED) is 0.696. The summed E-state index contributed by atoms with van der Waals surface area (Å²) in [4.78, 5) is 2.35. The zero-order valence-electron chi connectivity index (χ0n) is 9.29. The van der Waals surface area contributed by atoms with Gasteiger partial charge < -0.3 is 10.6 Å². The van der Waals surface area contributed by atoms with Gasteiger partial charge >= 0.3 is 0 Å². The van der Waals surface area contributed by atoms with Crippen molar-refractivity contribution in [3.8, 4) is 6.07 Å². The second-order valence-corrected chi connectivity index (χ2v) is 4.84. The minimum absolute atomic E-state index is 0.638. The molecule has 3 heteroatoms. The SMILES string of the molecule is CN(CCCC(C)(N)C#N)CC1CC1. The monoisotopic (exact) mass is 195 g/mol. The average Bonchev–Trinajstić information content (AvgIpc) is 2.88. The highest BCUT2D eigenvalue weighted by molar-refractivity contribution is 5.00. The summed E-state index contributed by atoms with van der Waals surface area (Å²) in [6, 6.07) is 2.13. The summed E-state index contributed by atoms with van der Waals surface area (Å²) in [5, 5.41) is 8.73. The van der Waals surface area contributed by atoms with E-state index in [1.54, 1.807) is 6.92 Å². The Labute approximate surface area is 86.9 Å². The molecule has 0 heterocycles. The lowest BCUT2D eigenvalue weighted by molar-refractivity contribution is 0.304. The molecule has 1 saturated carbocycles. The smallest absolute Gasteiger partial charge is 0.101 e. The minimum Gasteiger partial charge on any atom is -0.314 e. The molecule has 0 spiro atoms. The number of hydrogen-bond donors (Lipinski definition) is 1. The largest absolute Gasteiger partial charge is 0.314 e. The van der Waals surface area contributed by atoms with Crippen molar-refractivity contribution < 1.29 is 0 Å². The van der Waals surface area contributed by atoms with E-state index in [1.165, 1.54) is 19.4 Å². The molecule has 0 bridgehead atoms. The molecular weight excluding hydrogens is 174 g/mol. The lowest BCUT2D eigenvalue weighted by Gasteiger charge is -2.19. The van der Waals surface area contributed by atoms with Gasteiger partial charge in [-0.1, -0.05) is 0 Å². The van der Waals surface area contributed by atoms with E-state index in [0.29, 0.717) is 0 Å². The molecule has 0 amide bonds. The molecule has 0 aromatic carbocycles. The maximum Gasteiger partial charge on any atom is 0.101 e. The Balaban J connectivity index is 2.05. The van der Waals surface area contributed by atoms with Crippen LogP contribution in [0.3, 0.4) is 0 Å². The molecular formula is C11H21N3. The first-order chi connectivity index (χ1) is 6.53. The topological polar surface area (TPSA) is 53.0 Å². The Morgan fingerprint density at radius 2 is 2.21 bits per heavy atom. The lowest BCUT2D eigenvalue weighted by atomic mass is 9.99. The Kier molecular flexibility index (Phi) is 3.91. The molecule has 1 unspecified atom stereocenters. The van der Waals surface area contributed by atoms with Crippen molar-refractivity contribution in [2.24, 2.45) is 11.7 Å². The van der Waals surface area contributed by atoms with Gasteiger partial charge in [0.15, 0.2) is 0 Å². The van der Waals surface area contributed by atoms with Crippen molar-refractivity contribution in [1.82, 2.24) is 4.90 Å². The lowest BCUT2D eigenvalue weighted by Crippen LogP contribution is -2.35. The van der Waals surface area contributed by atoms with Crippen LogP contribution in [0.5, 0.6) is 0 Å². The summed E-state index contributed by atoms with van der Waals surface area (Å²) in [5.74, 6) is 0.945. The molecule has 2 N–H and O–H groups in total. The van der Waals surface area contributed by atoms with Gasteiger partial charge in [0.05, 0.1) is 6.07 Å². The summed E-state index contributed by atoms with van der Waals surface area (Å²) in [5.41, 5.74) is 5.10. The predicted molar refractivity (Wildman–Crippen MR) is 57.7 cm³/mol. The van der Waals surface area contributed by atoms with Gasteiger partial charge in [0.25, 0.3) is 0 Å². The van der Waals surface area contributed by atoms with Crippen LogP contribution in [0.25, 0.3) is 0 Å². The second-order valence-electron chi connectivity index (χ2n) is 4.84. The summed E-state index contributed by atoms with van der Waals surface area (Å²) in [6.07, 6.45) is 4.61. The van der Waals surface area contributed by atoms with Gasteiger partial charge in [-0.2, -0.15) is 5.26 Å². The fourth-order valence-electron chi connectivity index (χ4n) is 1.60. The van der Waals surface area contributed by atoms with Crippen molar-refractivity contribution in [1.29, 1.82) is 5.26 Å². The highest BCUT2D eigenvalue weighted by atomic mass is 15.1. The van der Waals surface area contributed by atoms with Crippen LogP contribution >= 0.6 is 0 Å². The van der Waals surface area contributed by atoms with E-state index in [4.69, 9.17) is 11.0 Å². The van der Waals surface area contributed by atoms with Gasteiger partial charge in [-0.15, -0.1) is 0 Å². The number of rotatable bonds is 6. The molecule has 14 heavy (non-hydrogen) atoms. The first-order valence-electron chi connectivity index (χ1n) is 5.42. The fourth-order valence-corrected chi connectivity index (χ4v) is 1.60. The van der Waals surface area contributed by atoms with Crippen molar-refractivity contribution in [2.75, 3.05) is 20.1 Å². The van der Waals surface area contributed by atoms with Gasteiger partial charge in [0.2, 0.25) is 0 Å². The summed E-state index contributed by atoms with van der Waals surface area (Å²) in [7, 11) is 2.15. The number of nitrogens with zero attached hydrogens (tertiary/aromatic N) is 2. The van der Waals surface area contributed by atoms with E-state index in [0.717, 1.165) is 25.3 Å². The number of nitriles is 1. The van der Waals surface area contributed by atoms with E-state index in [-0.39, 0.29) is 0 Å². The average molecular weight is 195 g/mol. The van der Waals surface area contributed by atoms with Crippen LogP contribution in [0, 0.1) is 17.2 Å². The molecule has 80 valence electrons. The third-order valence-electron chi connectivity index (χ3n) is 2.76. The van der Waals surface area contributed by atoms with Crippen molar-refractivity contribution in [3.05, 3.63) is 0 Å². The van der Waals surface area contributed by atoms with E-state index in [1.807, 2.05) is 0 Å². The van der Waals surface area contributed by atoms with Gasteiger partial charge in [0, 0.05) is 6.54 Å². The van der Waals surface area contributed by atoms with Crippen LogP contribution in [0.15, 0.2) is 0 Å². The normalized spacial score (nSPS) is 20.5. The molecule has 1 aliphatic carbocycles.